The van der Waals surface area contributed by atoms with Gasteiger partial charge in [-0.05, 0) is 19.8 Å². The van der Waals surface area contributed by atoms with Crippen LogP contribution in [0.15, 0.2) is 35.0 Å². The highest BCUT2D eigenvalue weighted by Crippen LogP contribution is 2.05. The Balaban J connectivity index is 1.77. The van der Waals surface area contributed by atoms with E-state index < -0.39 is 8.80 Å². The SMILES string of the molecule is c1csc([Si](CN2CCOCC2)c2cccs2)c1. The van der Waals surface area contributed by atoms with E-state index in [0.717, 1.165) is 26.3 Å². The predicted octanol–water partition coefficient (Wildman–Crippen LogP) is 1.29. The summed E-state index contributed by atoms with van der Waals surface area (Å²) in [4.78, 5) is 2.57. The van der Waals surface area contributed by atoms with Gasteiger partial charge in [0.05, 0.1) is 13.2 Å². The molecule has 0 atom stereocenters. The lowest BCUT2D eigenvalue weighted by molar-refractivity contribution is 0.0461. The summed E-state index contributed by atoms with van der Waals surface area (Å²) in [5, 5.41) is 4.40. The van der Waals surface area contributed by atoms with Crippen molar-refractivity contribution in [1.82, 2.24) is 4.90 Å². The Labute approximate surface area is 117 Å². The Hall–Kier alpha value is -0.463. The standard InChI is InChI=1S/C13H16NOS2Si/c1-3-12(16-9-1)18(13-4-2-10-17-13)11-14-5-7-15-8-6-14/h1-4,9-10H,5-8,11H2. The van der Waals surface area contributed by atoms with E-state index in [1.807, 2.05) is 22.7 Å². The van der Waals surface area contributed by atoms with Crippen LogP contribution in [0.1, 0.15) is 0 Å². The van der Waals surface area contributed by atoms with Gasteiger partial charge in [0.25, 0.3) is 0 Å². The van der Waals surface area contributed by atoms with E-state index in [0.29, 0.717) is 0 Å². The number of nitrogens with zero attached hydrogens (tertiary/aromatic N) is 1. The average molecular weight is 294 g/mol. The van der Waals surface area contributed by atoms with Crippen LogP contribution in [0, 0.1) is 0 Å². The van der Waals surface area contributed by atoms with Crippen LogP contribution in [0.4, 0.5) is 0 Å². The van der Waals surface area contributed by atoms with Crippen LogP contribution in [-0.2, 0) is 4.74 Å². The van der Waals surface area contributed by atoms with E-state index in [1.165, 1.54) is 6.17 Å². The number of rotatable bonds is 4. The molecule has 3 heterocycles. The van der Waals surface area contributed by atoms with Gasteiger partial charge in [0.2, 0.25) is 0 Å². The van der Waals surface area contributed by atoms with Crippen LogP contribution in [0.25, 0.3) is 0 Å². The minimum atomic E-state index is -0.605. The Morgan fingerprint density at radius 3 is 2.17 bits per heavy atom. The molecule has 1 saturated heterocycles. The van der Waals surface area contributed by atoms with Crippen LogP contribution in [0.2, 0.25) is 0 Å². The molecule has 1 radical (unpaired) electrons. The van der Waals surface area contributed by atoms with Crippen molar-refractivity contribution in [3.8, 4) is 0 Å². The summed E-state index contributed by atoms with van der Waals surface area (Å²) >= 11 is 3.82. The summed E-state index contributed by atoms with van der Waals surface area (Å²) in [6.45, 7) is 3.96. The first-order valence-electron chi connectivity index (χ1n) is 6.17. The zero-order valence-electron chi connectivity index (χ0n) is 10.2. The summed E-state index contributed by atoms with van der Waals surface area (Å²) in [7, 11) is -0.605. The first-order valence-corrected chi connectivity index (χ1v) is 9.64. The Kier molecular flexibility index (Phi) is 4.27. The Bertz CT molecular complexity index is 417. The molecule has 3 rings (SSSR count). The van der Waals surface area contributed by atoms with Gasteiger partial charge >= 0.3 is 0 Å². The summed E-state index contributed by atoms with van der Waals surface area (Å²) in [6, 6.07) is 8.97. The van der Waals surface area contributed by atoms with Crippen LogP contribution >= 0.6 is 22.7 Å². The molecule has 0 aliphatic carbocycles. The maximum absolute atomic E-state index is 5.44. The lowest BCUT2D eigenvalue weighted by atomic mass is 10.5. The third kappa shape index (κ3) is 2.92. The highest BCUT2D eigenvalue weighted by molar-refractivity contribution is 7.31. The summed E-state index contributed by atoms with van der Waals surface area (Å²) in [5.41, 5.74) is 0. The molecular formula is C13H16NOS2Si. The van der Waals surface area contributed by atoms with Crippen LogP contribution < -0.4 is 9.00 Å². The van der Waals surface area contributed by atoms with E-state index in [1.54, 1.807) is 9.00 Å². The van der Waals surface area contributed by atoms with Crippen LogP contribution in [-0.4, -0.2) is 46.2 Å². The molecule has 18 heavy (non-hydrogen) atoms. The second-order valence-corrected chi connectivity index (χ2v) is 9.29. The molecule has 2 aromatic rings. The first kappa shape index (κ1) is 12.6. The highest BCUT2D eigenvalue weighted by Gasteiger charge is 2.23. The largest absolute Gasteiger partial charge is 0.379 e. The normalized spacial score (nSPS) is 17.4. The number of morpholine rings is 1. The molecule has 1 aliphatic rings. The lowest BCUT2D eigenvalue weighted by Gasteiger charge is -2.29. The molecule has 0 aromatic carbocycles. The third-order valence-corrected chi connectivity index (χ3v) is 8.96. The second kappa shape index (κ2) is 6.12. The van der Waals surface area contributed by atoms with Gasteiger partial charge < -0.3 is 9.64 Å². The van der Waals surface area contributed by atoms with Gasteiger partial charge in [-0.1, -0.05) is 24.3 Å². The third-order valence-electron chi connectivity index (χ3n) is 3.12. The summed E-state index contributed by atoms with van der Waals surface area (Å²) < 4.78 is 8.59. The fourth-order valence-corrected chi connectivity index (χ4v) is 7.78. The van der Waals surface area contributed by atoms with Gasteiger partial charge in [0.1, 0.15) is 0 Å². The zero-order chi connectivity index (χ0) is 12.2. The molecular weight excluding hydrogens is 278 g/mol. The van der Waals surface area contributed by atoms with Crippen molar-refractivity contribution in [3.05, 3.63) is 35.0 Å². The lowest BCUT2D eigenvalue weighted by Crippen LogP contribution is -2.51. The smallest absolute Gasteiger partial charge is 0.162 e. The molecule has 0 saturated carbocycles. The van der Waals surface area contributed by atoms with E-state index >= 15 is 0 Å². The molecule has 2 aromatic heterocycles. The number of thiophene rings is 2. The molecule has 0 spiro atoms. The molecule has 0 N–H and O–H groups in total. The van der Waals surface area contributed by atoms with Gasteiger partial charge in [-0.15, -0.1) is 0 Å². The minimum absolute atomic E-state index is 0.605. The molecule has 0 unspecified atom stereocenters. The fraction of sp³-hybridized carbons (Fsp3) is 0.385. The van der Waals surface area contributed by atoms with Gasteiger partial charge in [-0.25, -0.2) is 0 Å². The fourth-order valence-electron chi connectivity index (χ4n) is 2.16. The monoisotopic (exact) mass is 294 g/mol. The highest BCUT2D eigenvalue weighted by atomic mass is 32.1. The van der Waals surface area contributed by atoms with E-state index in [4.69, 9.17) is 4.74 Å². The second-order valence-electron chi connectivity index (χ2n) is 4.32. The van der Waals surface area contributed by atoms with Gasteiger partial charge in [0.15, 0.2) is 8.80 Å². The first-order chi connectivity index (χ1) is 8.93. The van der Waals surface area contributed by atoms with Crippen molar-refractivity contribution < 1.29 is 4.74 Å². The molecule has 2 nitrogen and oxygen atoms in total. The zero-order valence-corrected chi connectivity index (χ0v) is 12.8. The van der Waals surface area contributed by atoms with Gasteiger partial charge in [-0.2, -0.15) is 22.7 Å². The number of hydrogen-bond acceptors (Lipinski definition) is 4. The summed E-state index contributed by atoms with van der Waals surface area (Å²) in [5.74, 6) is 0. The van der Waals surface area contributed by atoms with Crippen molar-refractivity contribution in [2.24, 2.45) is 0 Å². The Morgan fingerprint density at radius 1 is 1.06 bits per heavy atom. The molecule has 5 heteroatoms. The average Bonchev–Trinajstić information content (AvgIpc) is 3.11. The maximum Gasteiger partial charge on any atom is 0.162 e. The molecule has 0 amide bonds. The molecule has 0 bridgehead atoms. The quantitative estimate of drug-likeness (QED) is 0.788. The van der Waals surface area contributed by atoms with Gasteiger partial charge in [-0.3, -0.25) is 0 Å². The minimum Gasteiger partial charge on any atom is -0.379 e. The van der Waals surface area contributed by atoms with E-state index in [2.05, 4.69) is 39.9 Å². The molecule has 1 fully saturated rings. The molecule has 1 aliphatic heterocycles. The van der Waals surface area contributed by atoms with Crippen molar-refractivity contribution in [2.45, 2.75) is 0 Å². The van der Waals surface area contributed by atoms with Crippen molar-refractivity contribution in [3.63, 3.8) is 0 Å². The van der Waals surface area contributed by atoms with Crippen LogP contribution in [0.3, 0.4) is 0 Å². The van der Waals surface area contributed by atoms with E-state index in [-0.39, 0.29) is 0 Å². The number of hydrogen-bond donors (Lipinski definition) is 0. The summed E-state index contributed by atoms with van der Waals surface area (Å²) in [6.07, 6.45) is 1.22. The van der Waals surface area contributed by atoms with Crippen molar-refractivity contribution in [1.29, 1.82) is 0 Å². The van der Waals surface area contributed by atoms with Crippen molar-refractivity contribution in [2.75, 3.05) is 32.5 Å². The maximum atomic E-state index is 5.44. The predicted molar refractivity (Wildman–Crippen MR) is 80.9 cm³/mol. The Morgan fingerprint density at radius 2 is 1.67 bits per heavy atom. The van der Waals surface area contributed by atoms with Crippen LogP contribution in [0.5, 0.6) is 0 Å². The van der Waals surface area contributed by atoms with Crippen molar-refractivity contribution >= 4 is 40.5 Å². The number of ether oxygens (including phenoxy) is 1. The van der Waals surface area contributed by atoms with Gasteiger partial charge in [0, 0.05) is 19.3 Å². The molecule has 95 valence electrons. The topological polar surface area (TPSA) is 12.5 Å². The van der Waals surface area contributed by atoms with E-state index in [9.17, 15) is 0 Å².